The number of hydrogen-bond donors (Lipinski definition) is 0. The zero-order valence-corrected chi connectivity index (χ0v) is 8.14. The molecular weight excluding hydrogens is 174 g/mol. The van der Waals surface area contributed by atoms with E-state index in [9.17, 15) is 8.42 Å². The lowest BCUT2D eigenvalue weighted by Gasteiger charge is -2.01. The first kappa shape index (κ1) is 9.19. The second kappa shape index (κ2) is 2.86. The topological polar surface area (TPSA) is 47.0 Å². The molecule has 0 aliphatic heterocycles. The molecule has 12 heavy (non-hydrogen) atoms. The molecule has 4 heteroatoms. The van der Waals surface area contributed by atoms with Crippen molar-refractivity contribution in [2.45, 2.75) is 18.9 Å². The lowest BCUT2D eigenvalue weighted by molar-refractivity contribution is 0.598. The molecule has 0 aliphatic rings. The molecule has 0 bridgehead atoms. The maximum Gasteiger partial charge on any atom is 0.192 e. The Morgan fingerprint density at radius 2 is 1.83 bits per heavy atom. The van der Waals surface area contributed by atoms with Gasteiger partial charge in [0.25, 0.3) is 0 Å². The van der Waals surface area contributed by atoms with Gasteiger partial charge in [-0.2, -0.15) is 0 Å². The summed E-state index contributed by atoms with van der Waals surface area (Å²) in [6.45, 7) is 3.69. The van der Waals surface area contributed by atoms with Crippen LogP contribution in [0.4, 0.5) is 0 Å². The van der Waals surface area contributed by atoms with Crippen molar-refractivity contribution in [3.63, 3.8) is 0 Å². The summed E-state index contributed by atoms with van der Waals surface area (Å²) in [5, 5.41) is 0.144. The van der Waals surface area contributed by atoms with Gasteiger partial charge < -0.3 is 0 Å². The molecule has 0 aliphatic carbocycles. The predicted molar refractivity (Wildman–Crippen MR) is 46.8 cm³/mol. The van der Waals surface area contributed by atoms with Gasteiger partial charge in [0, 0.05) is 11.9 Å². The number of aromatic nitrogens is 1. The molecule has 1 aromatic heterocycles. The third-order valence-electron chi connectivity index (χ3n) is 1.70. The summed E-state index contributed by atoms with van der Waals surface area (Å²) in [4.78, 5) is 3.96. The smallest absolute Gasteiger partial charge is 0.192 e. The van der Waals surface area contributed by atoms with E-state index in [1.807, 2.05) is 6.92 Å². The summed E-state index contributed by atoms with van der Waals surface area (Å²) >= 11 is 0. The van der Waals surface area contributed by atoms with Gasteiger partial charge in [0.2, 0.25) is 0 Å². The van der Waals surface area contributed by atoms with Gasteiger partial charge in [0.05, 0.1) is 0 Å². The fraction of sp³-hybridized carbons (Fsp3) is 0.375. The van der Waals surface area contributed by atoms with Gasteiger partial charge in [-0.3, -0.25) is 0 Å². The van der Waals surface area contributed by atoms with Gasteiger partial charge in [-0.25, -0.2) is 13.4 Å². The highest BCUT2D eigenvalue weighted by atomic mass is 32.2. The first-order valence-corrected chi connectivity index (χ1v) is 5.45. The van der Waals surface area contributed by atoms with Crippen LogP contribution in [-0.2, 0) is 9.84 Å². The highest BCUT2D eigenvalue weighted by Crippen LogP contribution is 2.09. The Hall–Kier alpha value is -0.900. The zero-order valence-electron chi connectivity index (χ0n) is 7.33. The third-order valence-corrected chi connectivity index (χ3v) is 2.69. The molecule has 0 radical (unpaired) electrons. The van der Waals surface area contributed by atoms with Crippen LogP contribution in [-0.4, -0.2) is 19.7 Å². The molecule has 0 aromatic carbocycles. The van der Waals surface area contributed by atoms with Crippen molar-refractivity contribution >= 4 is 9.84 Å². The van der Waals surface area contributed by atoms with Crippen molar-refractivity contribution in [1.82, 2.24) is 4.98 Å². The Labute approximate surface area is 72.4 Å². The van der Waals surface area contributed by atoms with Gasteiger partial charge in [-0.15, -0.1) is 0 Å². The van der Waals surface area contributed by atoms with E-state index in [-0.39, 0.29) is 5.03 Å². The third kappa shape index (κ3) is 1.82. The van der Waals surface area contributed by atoms with Crippen LogP contribution in [0.1, 0.15) is 11.3 Å². The molecule has 1 rings (SSSR count). The quantitative estimate of drug-likeness (QED) is 0.658. The second-order valence-electron chi connectivity index (χ2n) is 2.82. The Bertz CT molecular complexity index is 396. The standard InChI is InChI=1S/C8H11NO2S/c1-6-4-5-8(9-7(6)2)12(3,10)11/h4-5H,1-3H3. The summed E-state index contributed by atoms with van der Waals surface area (Å²) in [6.07, 6.45) is 1.16. The molecule has 0 N–H and O–H groups in total. The fourth-order valence-corrected chi connectivity index (χ4v) is 1.43. The average molecular weight is 185 g/mol. The highest BCUT2D eigenvalue weighted by Gasteiger charge is 2.08. The van der Waals surface area contributed by atoms with Crippen molar-refractivity contribution < 1.29 is 8.42 Å². The molecule has 0 amide bonds. The monoisotopic (exact) mass is 185 g/mol. The fourth-order valence-electron chi connectivity index (χ4n) is 0.814. The SMILES string of the molecule is Cc1ccc(S(C)(=O)=O)nc1C. The molecule has 0 spiro atoms. The first-order chi connectivity index (χ1) is 5.41. The second-order valence-corrected chi connectivity index (χ2v) is 4.79. The van der Waals surface area contributed by atoms with E-state index >= 15 is 0 Å². The van der Waals surface area contributed by atoms with E-state index in [1.54, 1.807) is 13.0 Å². The first-order valence-electron chi connectivity index (χ1n) is 3.55. The molecule has 0 saturated carbocycles. The Kier molecular flexibility index (Phi) is 2.19. The molecule has 0 saturated heterocycles. The van der Waals surface area contributed by atoms with Crippen LogP contribution in [0.3, 0.4) is 0 Å². The number of pyridine rings is 1. The maximum atomic E-state index is 11.0. The van der Waals surface area contributed by atoms with E-state index in [0.717, 1.165) is 17.5 Å². The van der Waals surface area contributed by atoms with Crippen molar-refractivity contribution in [3.05, 3.63) is 23.4 Å². The molecule has 66 valence electrons. The maximum absolute atomic E-state index is 11.0. The summed E-state index contributed by atoms with van der Waals surface area (Å²) < 4.78 is 22.1. The molecule has 0 fully saturated rings. The van der Waals surface area contributed by atoms with Gasteiger partial charge in [-0.1, -0.05) is 6.07 Å². The van der Waals surface area contributed by atoms with Crippen LogP contribution in [0.5, 0.6) is 0 Å². The van der Waals surface area contributed by atoms with Crippen molar-refractivity contribution in [2.75, 3.05) is 6.26 Å². The van der Waals surface area contributed by atoms with Gasteiger partial charge >= 0.3 is 0 Å². The van der Waals surface area contributed by atoms with E-state index < -0.39 is 9.84 Å². The highest BCUT2D eigenvalue weighted by molar-refractivity contribution is 7.90. The Morgan fingerprint density at radius 1 is 1.25 bits per heavy atom. The van der Waals surface area contributed by atoms with Crippen LogP contribution < -0.4 is 0 Å². The summed E-state index contributed by atoms with van der Waals surface area (Å²) in [5.41, 5.74) is 1.76. The van der Waals surface area contributed by atoms with Crippen LogP contribution in [0.25, 0.3) is 0 Å². The minimum atomic E-state index is -3.15. The average Bonchev–Trinajstić information content (AvgIpc) is 1.92. The molecule has 1 heterocycles. The van der Waals surface area contributed by atoms with E-state index in [4.69, 9.17) is 0 Å². The minimum Gasteiger partial charge on any atom is -0.241 e. The van der Waals surface area contributed by atoms with Crippen LogP contribution >= 0.6 is 0 Å². The van der Waals surface area contributed by atoms with Crippen LogP contribution in [0.2, 0.25) is 0 Å². The molecule has 3 nitrogen and oxygen atoms in total. The molecule has 1 aromatic rings. The number of hydrogen-bond acceptors (Lipinski definition) is 3. The van der Waals surface area contributed by atoms with E-state index in [1.165, 1.54) is 6.07 Å². The van der Waals surface area contributed by atoms with E-state index in [0.29, 0.717) is 0 Å². The number of aryl methyl sites for hydroxylation is 2. The zero-order chi connectivity index (χ0) is 9.35. The Balaban J connectivity index is 3.33. The van der Waals surface area contributed by atoms with Crippen molar-refractivity contribution in [3.8, 4) is 0 Å². The lowest BCUT2D eigenvalue weighted by Crippen LogP contribution is -2.02. The number of rotatable bonds is 1. The van der Waals surface area contributed by atoms with Gasteiger partial charge in [0.1, 0.15) is 0 Å². The van der Waals surface area contributed by atoms with Gasteiger partial charge in [0.15, 0.2) is 14.9 Å². The van der Waals surface area contributed by atoms with Crippen molar-refractivity contribution in [1.29, 1.82) is 0 Å². The van der Waals surface area contributed by atoms with Crippen LogP contribution in [0, 0.1) is 13.8 Å². The predicted octanol–water partition coefficient (Wildman–Crippen LogP) is 1.10. The minimum absolute atomic E-state index is 0.144. The summed E-state index contributed by atoms with van der Waals surface area (Å²) in [5.74, 6) is 0. The Morgan fingerprint density at radius 3 is 2.25 bits per heavy atom. The van der Waals surface area contributed by atoms with Crippen LogP contribution in [0.15, 0.2) is 17.2 Å². The normalized spacial score (nSPS) is 11.6. The van der Waals surface area contributed by atoms with Gasteiger partial charge in [-0.05, 0) is 25.5 Å². The lowest BCUT2D eigenvalue weighted by atomic mass is 10.2. The van der Waals surface area contributed by atoms with Crippen molar-refractivity contribution in [2.24, 2.45) is 0 Å². The number of nitrogens with zero attached hydrogens (tertiary/aromatic N) is 1. The summed E-state index contributed by atoms with van der Waals surface area (Å²) in [6, 6.07) is 3.29. The molecule has 0 atom stereocenters. The largest absolute Gasteiger partial charge is 0.241 e. The molecule has 0 unspecified atom stereocenters. The molecular formula is C8H11NO2S. The van der Waals surface area contributed by atoms with E-state index in [2.05, 4.69) is 4.98 Å². The summed E-state index contributed by atoms with van der Waals surface area (Å²) in [7, 11) is -3.15. The number of sulfone groups is 1.